The Morgan fingerprint density at radius 2 is 1.64 bits per heavy atom. The van der Waals surface area contributed by atoms with E-state index in [0.29, 0.717) is 27.8 Å². The Kier molecular flexibility index (Phi) is 7.42. The molecule has 227 valence electrons. The fourth-order valence-electron chi connectivity index (χ4n) is 4.82. The number of pyridine rings is 3. The van der Waals surface area contributed by atoms with Crippen LogP contribution in [0.3, 0.4) is 0 Å². The van der Waals surface area contributed by atoms with E-state index in [1.165, 1.54) is 29.6 Å². The summed E-state index contributed by atoms with van der Waals surface area (Å²) in [7, 11) is -1.30. The number of halogens is 1. The van der Waals surface area contributed by atoms with Crippen molar-refractivity contribution >= 4 is 35.3 Å². The normalized spacial score (nSPS) is 13.7. The zero-order chi connectivity index (χ0) is 35.8. The Morgan fingerprint density at radius 1 is 0.822 bits per heavy atom. The van der Waals surface area contributed by atoms with Gasteiger partial charge in [0.25, 0.3) is 0 Å². The van der Waals surface area contributed by atoms with Crippen molar-refractivity contribution in [3.05, 3.63) is 133 Å². The van der Waals surface area contributed by atoms with Crippen LogP contribution in [0.15, 0.2) is 108 Å². The minimum absolute atomic E-state index is 0. The molecule has 0 N–H and O–H groups in total. The van der Waals surface area contributed by atoms with Crippen LogP contribution < -0.4 is 5.19 Å². The SMILES string of the molecule is C[Si](C)(C)c1ccc(-c2[c-]cc(F)cc2)nc1.[2H]C([2H])([2H])c1ccc2c(n1)oc1c(-c3cc(-c4ccccc4)c(C([2H])([2H])[2H])cn3)[c-]ccc12.[Ir]. The zero-order valence-corrected chi connectivity index (χ0v) is 28.2. The Bertz CT molecular complexity index is 2290. The zero-order valence-electron chi connectivity index (χ0n) is 30.8. The topological polar surface area (TPSA) is 51.8 Å². The average Bonchev–Trinajstić information content (AvgIpc) is 3.46. The van der Waals surface area contributed by atoms with E-state index in [1.807, 2.05) is 48.7 Å². The number of rotatable bonds is 4. The van der Waals surface area contributed by atoms with Gasteiger partial charge in [0, 0.05) is 57.6 Å². The average molecular weight is 792 g/mol. The molecule has 45 heavy (non-hydrogen) atoms. The van der Waals surface area contributed by atoms with Crippen molar-refractivity contribution in [3.63, 3.8) is 0 Å². The van der Waals surface area contributed by atoms with Gasteiger partial charge in [-0.15, -0.1) is 48.0 Å². The van der Waals surface area contributed by atoms with Gasteiger partial charge >= 0.3 is 0 Å². The maximum absolute atomic E-state index is 12.8. The van der Waals surface area contributed by atoms with E-state index >= 15 is 0 Å². The smallest absolute Gasteiger partial charge is 0.216 e. The van der Waals surface area contributed by atoms with E-state index in [4.69, 9.17) is 12.6 Å². The molecule has 0 unspecified atom stereocenters. The number of aromatic nitrogens is 3. The van der Waals surface area contributed by atoms with Gasteiger partial charge in [-0.3, -0.25) is 4.39 Å². The van der Waals surface area contributed by atoms with Crippen LogP contribution in [0.1, 0.15) is 19.5 Å². The van der Waals surface area contributed by atoms with Crippen LogP contribution in [-0.4, -0.2) is 23.0 Å². The van der Waals surface area contributed by atoms with E-state index in [1.54, 1.807) is 24.3 Å². The minimum Gasteiger partial charge on any atom is -0.486 e. The molecule has 0 saturated heterocycles. The predicted octanol–water partition coefficient (Wildman–Crippen LogP) is 9.36. The second kappa shape index (κ2) is 13.4. The van der Waals surface area contributed by atoms with Crippen LogP contribution >= 0.6 is 0 Å². The molecular formula is C38H32FIrN3OSi-2. The summed E-state index contributed by atoms with van der Waals surface area (Å²) in [5.41, 5.74) is 4.76. The Hall–Kier alpha value is -4.29. The predicted molar refractivity (Wildman–Crippen MR) is 180 cm³/mol. The van der Waals surface area contributed by atoms with E-state index in [2.05, 4.69) is 52.8 Å². The largest absolute Gasteiger partial charge is 0.486 e. The molecule has 0 atom stereocenters. The molecule has 0 aliphatic rings. The van der Waals surface area contributed by atoms with Crippen molar-refractivity contribution < 1.29 is 37.1 Å². The van der Waals surface area contributed by atoms with Gasteiger partial charge < -0.3 is 14.4 Å². The van der Waals surface area contributed by atoms with Gasteiger partial charge in [-0.25, -0.2) is 4.98 Å². The molecule has 0 aliphatic heterocycles. The molecule has 3 aromatic carbocycles. The molecule has 4 heterocycles. The van der Waals surface area contributed by atoms with E-state index in [-0.39, 0.29) is 42.9 Å². The summed E-state index contributed by atoms with van der Waals surface area (Å²) < 4.78 is 65.3. The summed E-state index contributed by atoms with van der Waals surface area (Å²) in [5, 5.41) is 2.74. The van der Waals surface area contributed by atoms with Crippen LogP contribution in [0.2, 0.25) is 19.6 Å². The fourth-order valence-corrected chi connectivity index (χ4v) is 5.86. The van der Waals surface area contributed by atoms with E-state index in [9.17, 15) is 4.39 Å². The van der Waals surface area contributed by atoms with Crippen molar-refractivity contribution in [2.45, 2.75) is 33.3 Å². The van der Waals surface area contributed by atoms with E-state index < -0.39 is 21.8 Å². The standard InChI is InChI=1S/C24H17N2O.C14H15FNSi.Ir/c1-15-14-25-22(13-21(15)17-7-4-3-5-8-17)20-10-6-9-18-19-12-11-16(2)26-24(19)27-23(18)20;1-17(2,3)13-8-9-14(16-10-13)11-4-6-12(15)7-5-11;/h3-9,11-14H,1-2H3;4,6-10H,1-3H3;/q2*-1;/i1D3,2D3;;. The maximum atomic E-state index is 12.8. The van der Waals surface area contributed by atoms with Crippen molar-refractivity contribution in [3.8, 4) is 33.6 Å². The van der Waals surface area contributed by atoms with Crippen molar-refractivity contribution in [2.24, 2.45) is 0 Å². The molecular weight excluding hydrogens is 754 g/mol. The number of nitrogens with zero attached hydrogens (tertiary/aromatic N) is 3. The first-order chi connectivity index (χ1) is 23.6. The summed E-state index contributed by atoms with van der Waals surface area (Å²) in [4.78, 5) is 13.0. The third-order valence-corrected chi connectivity index (χ3v) is 9.25. The third-order valence-electron chi connectivity index (χ3n) is 7.22. The van der Waals surface area contributed by atoms with Gasteiger partial charge in [0.1, 0.15) is 0 Å². The molecule has 4 nitrogen and oxygen atoms in total. The molecule has 0 fully saturated rings. The van der Waals surface area contributed by atoms with Crippen molar-refractivity contribution in [1.29, 1.82) is 0 Å². The minimum atomic E-state index is -2.35. The van der Waals surface area contributed by atoms with Gasteiger partial charge in [-0.2, -0.15) is 0 Å². The molecule has 7 heteroatoms. The van der Waals surface area contributed by atoms with Crippen molar-refractivity contribution in [1.82, 2.24) is 15.0 Å². The number of furan rings is 1. The van der Waals surface area contributed by atoms with Gasteiger partial charge in [-0.1, -0.05) is 79.1 Å². The summed E-state index contributed by atoms with van der Waals surface area (Å²) >= 11 is 0. The molecule has 4 aromatic heterocycles. The van der Waals surface area contributed by atoms with Crippen LogP contribution in [-0.2, 0) is 20.1 Å². The molecule has 0 saturated carbocycles. The number of aryl methyl sites for hydroxylation is 2. The van der Waals surface area contributed by atoms with Crippen LogP contribution in [0, 0.1) is 31.7 Å². The molecule has 0 bridgehead atoms. The van der Waals surface area contributed by atoms with E-state index in [0.717, 1.165) is 22.2 Å². The van der Waals surface area contributed by atoms with Crippen LogP contribution in [0.5, 0.6) is 0 Å². The second-order valence-electron chi connectivity index (χ2n) is 11.3. The summed E-state index contributed by atoms with van der Waals surface area (Å²) in [6.07, 6.45) is 3.30. The summed E-state index contributed by atoms with van der Waals surface area (Å²) in [6.45, 7) is 2.18. The Morgan fingerprint density at radius 3 is 2.33 bits per heavy atom. The number of fused-ring (bicyclic) bond motifs is 3. The third kappa shape index (κ3) is 7.02. The first kappa shape index (κ1) is 25.0. The maximum Gasteiger partial charge on any atom is 0.216 e. The monoisotopic (exact) mass is 792 g/mol. The van der Waals surface area contributed by atoms with Crippen LogP contribution in [0.25, 0.3) is 55.7 Å². The Labute approximate surface area is 286 Å². The fraction of sp³-hybridized carbons (Fsp3) is 0.132. The molecule has 1 radical (unpaired) electrons. The van der Waals surface area contributed by atoms with Gasteiger partial charge in [-0.05, 0) is 59.1 Å². The molecule has 7 rings (SSSR count). The van der Waals surface area contributed by atoms with Crippen molar-refractivity contribution in [2.75, 3.05) is 0 Å². The van der Waals surface area contributed by atoms with Gasteiger partial charge in [0.2, 0.25) is 5.71 Å². The van der Waals surface area contributed by atoms with Gasteiger partial charge in [0.15, 0.2) is 0 Å². The molecule has 0 spiro atoms. The molecule has 0 aliphatic carbocycles. The van der Waals surface area contributed by atoms with Crippen LogP contribution in [0.4, 0.5) is 4.39 Å². The molecule has 7 aromatic rings. The number of benzene rings is 3. The quantitative estimate of drug-likeness (QED) is 0.132. The first-order valence-corrected chi connectivity index (χ1v) is 17.5. The molecule has 0 amide bonds. The van der Waals surface area contributed by atoms with Gasteiger partial charge in [0.05, 0.1) is 13.7 Å². The number of hydrogen-bond acceptors (Lipinski definition) is 4. The number of hydrogen-bond donors (Lipinski definition) is 0. The first-order valence-electron chi connectivity index (χ1n) is 17.0. The Balaban J connectivity index is 0.000000237. The summed E-state index contributed by atoms with van der Waals surface area (Å²) in [6, 6.07) is 32.3. The summed E-state index contributed by atoms with van der Waals surface area (Å²) in [5.74, 6) is -0.271. The second-order valence-corrected chi connectivity index (χ2v) is 16.4.